The highest BCUT2D eigenvalue weighted by molar-refractivity contribution is 9.10. The van der Waals surface area contributed by atoms with Crippen LogP contribution in [0.15, 0.2) is 15.9 Å². The van der Waals surface area contributed by atoms with Gasteiger partial charge in [-0.2, -0.15) is 11.8 Å². The smallest absolute Gasteiger partial charge is 0.0575 e. The summed E-state index contributed by atoms with van der Waals surface area (Å²) in [7, 11) is 0. The monoisotopic (exact) mass is 308 g/mol. The minimum atomic E-state index is 0.0361. The van der Waals surface area contributed by atoms with Gasteiger partial charge in [-0.05, 0) is 27.4 Å². The van der Waals surface area contributed by atoms with Crippen molar-refractivity contribution in [2.75, 3.05) is 25.6 Å². The average Bonchev–Trinajstić information content (AvgIpc) is 2.57. The molecule has 1 aliphatic rings. The number of thiophene rings is 1. The van der Waals surface area contributed by atoms with Gasteiger partial charge in [0.2, 0.25) is 0 Å². The van der Waals surface area contributed by atoms with E-state index in [4.69, 9.17) is 4.74 Å². The minimum absolute atomic E-state index is 0.0361. The van der Waals surface area contributed by atoms with Crippen LogP contribution in [0, 0.1) is 5.41 Å². The van der Waals surface area contributed by atoms with Crippen LogP contribution < -0.4 is 0 Å². The molecule has 1 aromatic rings. The molecule has 5 heteroatoms. The molecule has 2 rings (SSSR count). The Morgan fingerprint density at radius 1 is 1.60 bits per heavy atom. The average molecular weight is 309 g/mol. The fourth-order valence-corrected chi connectivity index (χ4v) is 4.52. The van der Waals surface area contributed by atoms with Crippen molar-refractivity contribution in [1.29, 1.82) is 0 Å². The van der Waals surface area contributed by atoms with E-state index in [1.54, 1.807) is 11.3 Å². The van der Waals surface area contributed by atoms with Gasteiger partial charge in [-0.3, -0.25) is 0 Å². The number of thioether (sulfide) groups is 1. The number of aliphatic hydroxyl groups is 1. The highest BCUT2D eigenvalue weighted by Crippen LogP contribution is 2.34. The van der Waals surface area contributed by atoms with Crippen molar-refractivity contribution < 1.29 is 9.84 Å². The largest absolute Gasteiger partial charge is 0.396 e. The second-order valence-electron chi connectivity index (χ2n) is 3.84. The lowest BCUT2D eigenvalue weighted by molar-refractivity contribution is -0.121. The van der Waals surface area contributed by atoms with Crippen molar-refractivity contribution in [3.63, 3.8) is 0 Å². The molecule has 0 radical (unpaired) electrons. The van der Waals surface area contributed by atoms with Crippen LogP contribution in [0.5, 0.6) is 0 Å². The molecule has 0 atom stereocenters. The topological polar surface area (TPSA) is 29.5 Å². The Bertz CT molecular complexity index is 317. The predicted octanol–water partition coefficient (Wildman–Crippen LogP) is 2.75. The van der Waals surface area contributed by atoms with E-state index in [1.807, 2.05) is 11.8 Å². The third-order valence-electron chi connectivity index (χ3n) is 2.48. The maximum absolute atomic E-state index is 9.25. The fraction of sp³-hybridized carbons (Fsp3) is 0.600. The third-order valence-corrected chi connectivity index (χ3v) is 5.90. The second kappa shape index (κ2) is 5.19. The number of halogens is 1. The molecule has 1 N–H and O–H groups in total. The first-order chi connectivity index (χ1) is 7.26. The van der Waals surface area contributed by atoms with Gasteiger partial charge in [0.25, 0.3) is 0 Å². The van der Waals surface area contributed by atoms with Crippen LogP contribution >= 0.6 is 39.0 Å². The summed E-state index contributed by atoms with van der Waals surface area (Å²) in [5.41, 5.74) is 0.0361. The fourth-order valence-electron chi connectivity index (χ4n) is 1.40. The zero-order valence-corrected chi connectivity index (χ0v) is 11.5. The van der Waals surface area contributed by atoms with Crippen molar-refractivity contribution in [3.05, 3.63) is 20.8 Å². The molecule has 84 valence electrons. The lowest BCUT2D eigenvalue weighted by atomic mass is 9.90. The highest BCUT2D eigenvalue weighted by atomic mass is 79.9. The number of hydrogen-bond acceptors (Lipinski definition) is 4. The summed E-state index contributed by atoms with van der Waals surface area (Å²) in [4.78, 5) is 1.37. The maximum Gasteiger partial charge on any atom is 0.0575 e. The molecule has 1 saturated heterocycles. The van der Waals surface area contributed by atoms with Crippen molar-refractivity contribution in [2.45, 2.75) is 5.75 Å². The van der Waals surface area contributed by atoms with E-state index in [1.165, 1.54) is 9.35 Å². The molecular formula is C10H13BrO2S2. The van der Waals surface area contributed by atoms with E-state index < -0.39 is 0 Å². The van der Waals surface area contributed by atoms with Gasteiger partial charge in [0.1, 0.15) is 0 Å². The van der Waals surface area contributed by atoms with E-state index in [2.05, 4.69) is 27.4 Å². The van der Waals surface area contributed by atoms with Gasteiger partial charge in [-0.15, -0.1) is 11.3 Å². The van der Waals surface area contributed by atoms with Gasteiger partial charge in [-0.25, -0.2) is 0 Å². The Labute approximate surface area is 106 Å². The lowest BCUT2D eigenvalue weighted by Gasteiger charge is -2.39. The summed E-state index contributed by atoms with van der Waals surface area (Å²) in [5, 5.41) is 11.3. The quantitative estimate of drug-likeness (QED) is 0.907. The molecule has 0 amide bonds. The van der Waals surface area contributed by atoms with Gasteiger partial charge in [0.05, 0.1) is 19.8 Å². The van der Waals surface area contributed by atoms with Crippen LogP contribution in [-0.2, 0) is 10.5 Å². The van der Waals surface area contributed by atoms with Crippen molar-refractivity contribution >= 4 is 39.0 Å². The Morgan fingerprint density at radius 2 is 2.40 bits per heavy atom. The summed E-state index contributed by atoms with van der Waals surface area (Å²) in [5.74, 6) is 1.99. The Kier molecular flexibility index (Phi) is 4.12. The molecule has 0 spiro atoms. The molecular weight excluding hydrogens is 296 g/mol. The van der Waals surface area contributed by atoms with E-state index in [0.29, 0.717) is 13.2 Å². The van der Waals surface area contributed by atoms with Crippen molar-refractivity contribution in [1.82, 2.24) is 0 Å². The molecule has 15 heavy (non-hydrogen) atoms. The molecule has 1 aromatic heterocycles. The normalized spacial score (nSPS) is 18.8. The molecule has 0 unspecified atom stereocenters. The highest BCUT2D eigenvalue weighted by Gasteiger charge is 2.37. The summed E-state index contributed by atoms with van der Waals surface area (Å²) in [6.45, 7) is 1.66. The number of hydrogen-bond donors (Lipinski definition) is 1. The summed E-state index contributed by atoms with van der Waals surface area (Å²) < 4.78 is 6.36. The first-order valence-corrected chi connectivity index (χ1v) is 7.57. The third kappa shape index (κ3) is 2.77. The lowest BCUT2D eigenvalue weighted by Crippen LogP contribution is -2.47. The molecule has 2 heterocycles. The SMILES string of the molecule is OCC1(CSCc2sccc2Br)COC1. The van der Waals surface area contributed by atoms with E-state index in [0.717, 1.165) is 11.5 Å². The van der Waals surface area contributed by atoms with Gasteiger partial charge in [0.15, 0.2) is 0 Å². The standard InChI is InChI=1S/C10H13BrO2S2/c11-8-1-2-15-9(8)3-14-7-10(4-12)5-13-6-10/h1-2,12H,3-7H2. The first-order valence-electron chi connectivity index (χ1n) is 4.74. The van der Waals surface area contributed by atoms with E-state index in [9.17, 15) is 5.11 Å². The Hall–Kier alpha value is 0.450. The summed E-state index contributed by atoms with van der Waals surface area (Å²) >= 11 is 7.16. The number of rotatable bonds is 5. The molecule has 2 nitrogen and oxygen atoms in total. The van der Waals surface area contributed by atoms with Gasteiger partial charge in [0, 0.05) is 26.3 Å². The van der Waals surface area contributed by atoms with E-state index in [-0.39, 0.29) is 12.0 Å². The second-order valence-corrected chi connectivity index (χ2v) is 6.68. The van der Waals surface area contributed by atoms with E-state index >= 15 is 0 Å². The Balaban J connectivity index is 1.77. The molecule has 1 aliphatic heterocycles. The molecule has 0 aliphatic carbocycles. The van der Waals surface area contributed by atoms with Gasteiger partial charge >= 0.3 is 0 Å². The molecule has 0 aromatic carbocycles. The zero-order chi connectivity index (χ0) is 10.7. The van der Waals surface area contributed by atoms with Crippen molar-refractivity contribution in [3.8, 4) is 0 Å². The summed E-state index contributed by atoms with van der Waals surface area (Å²) in [6, 6.07) is 2.08. The predicted molar refractivity (Wildman–Crippen MR) is 68.5 cm³/mol. The minimum Gasteiger partial charge on any atom is -0.396 e. The molecule has 1 fully saturated rings. The number of aliphatic hydroxyl groups excluding tert-OH is 1. The van der Waals surface area contributed by atoms with Crippen LogP contribution in [0.1, 0.15) is 4.88 Å². The van der Waals surface area contributed by atoms with Crippen molar-refractivity contribution in [2.24, 2.45) is 5.41 Å². The molecule has 0 saturated carbocycles. The summed E-state index contributed by atoms with van der Waals surface area (Å²) in [6.07, 6.45) is 0. The van der Waals surface area contributed by atoms with Gasteiger partial charge < -0.3 is 9.84 Å². The Morgan fingerprint density at radius 3 is 2.87 bits per heavy atom. The van der Waals surface area contributed by atoms with Gasteiger partial charge in [-0.1, -0.05) is 0 Å². The van der Waals surface area contributed by atoms with Crippen LogP contribution in [0.4, 0.5) is 0 Å². The van der Waals surface area contributed by atoms with Crippen LogP contribution in [0.2, 0.25) is 0 Å². The molecule has 0 bridgehead atoms. The van der Waals surface area contributed by atoms with Crippen LogP contribution in [0.25, 0.3) is 0 Å². The maximum atomic E-state index is 9.25. The zero-order valence-electron chi connectivity index (χ0n) is 8.24. The van der Waals surface area contributed by atoms with Crippen LogP contribution in [-0.4, -0.2) is 30.7 Å². The first kappa shape index (κ1) is 11.9. The van der Waals surface area contributed by atoms with Crippen LogP contribution in [0.3, 0.4) is 0 Å². The number of ether oxygens (including phenoxy) is 1.